The molecule has 31 heavy (non-hydrogen) atoms. The minimum Gasteiger partial charge on any atom is -0.381 e. The fourth-order valence-corrected chi connectivity index (χ4v) is 5.37. The maximum absolute atomic E-state index is 14.0. The van der Waals surface area contributed by atoms with Gasteiger partial charge in [0, 0.05) is 48.4 Å². The van der Waals surface area contributed by atoms with Gasteiger partial charge in [0.2, 0.25) is 5.91 Å². The van der Waals surface area contributed by atoms with Crippen LogP contribution in [0.3, 0.4) is 0 Å². The SMILES string of the molecule is O=C(NCC1(c2cccc(F)c2)CCOCC1)C1(c2ccc(Cl)cc2Cl)CCOCC1. The van der Waals surface area contributed by atoms with Gasteiger partial charge in [-0.25, -0.2) is 4.39 Å². The predicted octanol–water partition coefficient (Wildman–Crippen LogP) is 5.05. The van der Waals surface area contributed by atoms with Crippen molar-refractivity contribution in [1.82, 2.24) is 5.32 Å². The van der Waals surface area contributed by atoms with E-state index in [2.05, 4.69) is 5.32 Å². The van der Waals surface area contributed by atoms with Crippen molar-refractivity contribution in [1.29, 1.82) is 0 Å². The fourth-order valence-electron chi connectivity index (χ4n) is 4.78. The van der Waals surface area contributed by atoms with Gasteiger partial charge in [0.1, 0.15) is 5.82 Å². The first-order chi connectivity index (χ1) is 15.0. The minimum atomic E-state index is -0.784. The maximum Gasteiger partial charge on any atom is 0.230 e. The molecule has 0 atom stereocenters. The van der Waals surface area contributed by atoms with Crippen LogP contribution in [-0.4, -0.2) is 38.9 Å². The monoisotopic (exact) mass is 465 g/mol. The van der Waals surface area contributed by atoms with Gasteiger partial charge < -0.3 is 14.8 Å². The molecule has 0 bridgehead atoms. The molecule has 0 radical (unpaired) electrons. The van der Waals surface area contributed by atoms with E-state index in [1.807, 2.05) is 12.1 Å². The summed E-state index contributed by atoms with van der Waals surface area (Å²) in [7, 11) is 0. The fraction of sp³-hybridized carbons (Fsp3) is 0.458. The highest BCUT2D eigenvalue weighted by Crippen LogP contribution is 2.41. The quantitative estimate of drug-likeness (QED) is 0.672. The third-order valence-corrected chi connectivity index (χ3v) is 7.25. The minimum absolute atomic E-state index is 0.0812. The molecule has 4 nitrogen and oxygen atoms in total. The molecule has 2 heterocycles. The van der Waals surface area contributed by atoms with Gasteiger partial charge in [-0.1, -0.05) is 41.4 Å². The number of hydrogen-bond donors (Lipinski definition) is 1. The van der Waals surface area contributed by atoms with E-state index in [0.717, 1.165) is 11.1 Å². The summed E-state index contributed by atoms with van der Waals surface area (Å²) in [6.45, 7) is 2.53. The van der Waals surface area contributed by atoms with Crippen LogP contribution in [0.15, 0.2) is 42.5 Å². The van der Waals surface area contributed by atoms with Gasteiger partial charge in [-0.2, -0.15) is 0 Å². The number of carbonyl (C=O) groups excluding carboxylic acids is 1. The predicted molar refractivity (Wildman–Crippen MR) is 119 cm³/mol. The highest BCUT2D eigenvalue weighted by molar-refractivity contribution is 6.35. The van der Waals surface area contributed by atoms with Crippen LogP contribution in [0.5, 0.6) is 0 Å². The molecule has 2 fully saturated rings. The van der Waals surface area contributed by atoms with Crippen molar-refractivity contribution >= 4 is 29.1 Å². The number of benzene rings is 2. The third kappa shape index (κ3) is 4.61. The van der Waals surface area contributed by atoms with E-state index in [-0.39, 0.29) is 17.1 Å². The van der Waals surface area contributed by atoms with Crippen molar-refractivity contribution in [3.63, 3.8) is 0 Å². The normalized spacial score (nSPS) is 20.2. The molecule has 2 saturated heterocycles. The highest BCUT2D eigenvalue weighted by Gasteiger charge is 2.44. The molecule has 0 spiro atoms. The van der Waals surface area contributed by atoms with Crippen LogP contribution in [0.2, 0.25) is 10.0 Å². The van der Waals surface area contributed by atoms with Gasteiger partial charge >= 0.3 is 0 Å². The highest BCUT2D eigenvalue weighted by atomic mass is 35.5. The van der Waals surface area contributed by atoms with Crippen molar-refractivity contribution in [2.45, 2.75) is 36.5 Å². The molecule has 1 N–H and O–H groups in total. The standard InChI is InChI=1S/C24H26Cl2FNO3/c25-18-4-5-20(21(26)15-18)24(8-12-31-13-9-24)22(29)28-16-23(6-10-30-11-7-23)17-2-1-3-19(27)14-17/h1-5,14-15H,6-13,16H2,(H,28,29). The molecule has 1 amide bonds. The second kappa shape index (κ2) is 9.45. The zero-order valence-corrected chi connectivity index (χ0v) is 18.8. The van der Waals surface area contributed by atoms with E-state index in [9.17, 15) is 9.18 Å². The van der Waals surface area contributed by atoms with Gasteiger partial charge in [-0.05, 0) is 61.1 Å². The summed E-state index contributed by atoms with van der Waals surface area (Å²) in [5, 5.41) is 4.21. The summed E-state index contributed by atoms with van der Waals surface area (Å²) in [6.07, 6.45) is 2.51. The van der Waals surface area contributed by atoms with Crippen LogP contribution in [0, 0.1) is 5.82 Å². The second-order valence-electron chi connectivity index (χ2n) is 8.40. The Balaban J connectivity index is 1.62. The summed E-state index contributed by atoms with van der Waals surface area (Å²) in [4.78, 5) is 13.7. The lowest BCUT2D eigenvalue weighted by atomic mass is 9.71. The van der Waals surface area contributed by atoms with Gasteiger partial charge in [0.05, 0.1) is 5.41 Å². The summed E-state index contributed by atoms with van der Waals surface area (Å²) in [5.74, 6) is -0.356. The molecule has 7 heteroatoms. The molecule has 0 unspecified atom stereocenters. The van der Waals surface area contributed by atoms with Gasteiger partial charge in [-0.3, -0.25) is 4.79 Å². The second-order valence-corrected chi connectivity index (χ2v) is 9.25. The number of rotatable bonds is 5. The molecule has 2 aliphatic rings. The first-order valence-corrected chi connectivity index (χ1v) is 11.4. The topological polar surface area (TPSA) is 47.6 Å². The number of ether oxygens (including phenoxy) is 2. The number of halogens is 3. The van der Waals surface area contributed by atoms with Crippen LogP contribution in [-0.2, 0) is 25.1 Å². The Labute approximate surface area is 192 Å². The summed E-state index contributed by atoms with van der Waals surface area (Å²) in [5.41, 5.74) is 0.508. The number of carbonyl (C=O) groups is 1. The molecule has 2 aromatic carbocycles. The summed E-state index contributed by atoms with van der Waals surface area (Å²) < 4.78 is 25.1. The lowest BCUT2D eigenvalue weighted by molar-refractivity contribution is -0.131. The molecule has 166 valence electrons. The molecule has 0 aromatic heterocycles. The smallest absolute Gasteiger partial charge is 0.230 e. The van der Waals surface area contributed by atoms with Gasteiger partial charge in [-0.15, -0.1) is 0 Å². The molecule has 0 aliphatic carbocycles. The van der Waals surface area contributed by atoms with E-state index in [0.29, 0.717) is 68.7 Å². The molecule has 2 aliphatic heterocycles. The average Bonchev–Trinajstić information content (AvgIpc) is 2.78. The first-order valence-electron chi connectivity index (χ1n) is 10.6. The Morgan fingerprint density at radius 3 is 2.29 bits per heavy atom. The molecule has 2 aromatic rings. The Bertz CT molecular complexity index is 940. The zero-order valence-electron chi connectivity index (χ0n) is 17.3. The van der Waals surface area contributed by atoms with Crippen LogP contribution in [0.1, 0.15) is 36.8 Å². The van der Waals surface area contributed by atoms with Crippen molar-refractivity contribution < 1.29 is 18.7 Å². The van der Waals surface area contributed by atoms with E-state index in [1.165, 1.54) is 6.07 Å². The lowest BCUT2D eigenvalue weighted by Crippen LogP contribution is -2.52. The zero-order chi connectivity index (χ0) is 21.9. The van der Waals surface area contributed by atoms with Crippen LogP contribution < -0.4 is 5.32 Å². The van der Waals surface area contributed by atoms with E-state index >= 15 is 0 Å². The average molecular weight is 466 g/mol. The van der Waals surface area contributed by atoms with Crippen LogP contribution >= 0.6 is 23.2 Å². The molecule has 0 saturated carbocycles. The van der Waals surface area contributed by atoms with E-state index in [1.54, 1.807) is 24.3 Å². The third-order valence-electron chi connectivity index (χ3n) is 6.70. The maximum atomic E-state index is 14.0. The Morgan fingerprint density at radius 1 is 0.968 bits per heavy atom. The molecule has 4 rings (SSSR count). The van der Waals surface area contributed by atoms with E-state index < -0.39 is 5.41 Å². The number of amides is 1. The van der Waals surface area contributed by atoms with Crippen molar-refractivity contribution in [3.8, 4) is 0 Å². The number of hydrogen-bond acceptors (Lipinski definition) is 3. The molecular weight excluding hydrogens is 440 g/mol. The lowest BCUT2D eigenvalue weighted by Gasteiger charge is -2.41. The van der Waals surface area contributed by atoms with Gasteiger partial charge in [0.15, 0.2) is 0 Å². The van der Waals surface area contributed by atoms with Crippen molar-refractivity contribution in [3.05, 3.63) is 69.5 Å². The molecular formula is C24H26Cl2FNO3. The Hall–Kier alpha value is -1.66. The number of nitrogens with one attached hydrogen (secondary N) is 1. The van der Waals surface area contributed by atoms with Gasteiger partial charge in [0.25, 0.3) is 0 Å². The van der Waals surface area contributed by atoms with Crippen LogP contribution in [0.4, 0.5) is 4.39 Å². The largest absolute Gasteiger partial charge is 0.381 e. The Kier molecular flexibility index (Phi) is 6.87. The summed E-state index contributed by atoms with van der Waals surface area (Å²) in [6, 6.07) is 11.9. The van der Waals surface area contributed by atoms with Crippen LogP contribution in [0.25, 0.3) is 0 Å². The Morgan fingerprint density at radius 2 is 1.65 bits per heavy atom. The summed E-state index contributed by atoms with van der Waals surface area (Å²) >= 11 is 12.6. The van der Waals surface area contributed by atoms with Crippen molar-refractivity contribution in [2.24, 2.45) is 0 Å². The van der Waals surface area contributed by atoms with E-state index in [4.69, 9.17) is 32.7 Å². The first kappa shape index (κ1) is 22.5. The van der Waals surface area contributed by atoms with Crippen molar-refractivity contribution in [2.75, 3.05) is 33.0 Å².